The van der Waals surface area contributed by atoms with Crippen molar-refractivity contribution in [2.75, 3.05) is 0 Å². The van der Waals surface area contributed by atoms with Crippen LogP contribution < -0.4 is 0 Å². The van der Waals surface area contributed by atoms with Crippen LogP contribution in [0.2, 0.25) is 5.15 Å². The number of hydrogen-bond donors (Lipinski definition) is 0. The van der Waals surface area contributed by atoms with E-state index in [4.69, 9.17) is 11.6 Å². The summed E-state index contributed by atoms with van der Waals surface area (Å²) in [4.78, 5) is 6.60. The highest BCUT2D eigenvalue weighted by molar-refractivity contribution is 6.29. The first-order valence-corrected chi connectivity index (χ1v) is 7.16. The van der Waals surface area contributed by atoms with Crippen LogP contribution in [0.4, 0.5) is 4.39 Å². The molecule has 0 spiro atoms. The van der Waals surface area contributed by atoms with Crippen molar-refractivity contribution >= 4 is 11.6 Å². The van der Waals surface area contributed by atoms with E-state index in [2.05, 4.69) is 9.88 Å². The van der Waals surface area contributed by atoms with Gasteiger partial charge in [-0.15, -0.1) is 0 Å². The first-order chi connectivity index (χ1) is 9.65. The lowest BCUT2D eigenvalue weighted by molar-refractivity contribution is 0.234. The second-order valence-corrected chi connectivity index (χ2v) is 5.67. The van der Waals surface area contributed by atoms with Crippen molar-refractivity contribution < 1.29 is 4.39 Å². The SMILES string of the molecule is Cn1c(Cl)cnc1CN(Cc1ccccc1F)C1CC1. The molecule has 1 aliphatic rings. The predicted octanol–water partition coefficient (Wildman–Crippen LogP) is 3.38. The van der Waals surface area contributed by atoms with Crippen molar-refractivity contribution in [3.8, 4) is 0 Å². The van der Waals surface area contributed by atoms with Crippen molar-refractivity contribution in [2.24, 2.45) is 7.05 Å². The third kappa shape index (κ3) is 2.86. The molecule has 106 valence electrons. The van der Waals surface area contributed by atoms with Gasteiger partial charge in [-0.05, 0) is 18.9 Å². The van der Waals surface area contributed by atoms with E-state index < -0.39 is 0 Å². The van der Waals surface area contributed by atoms with Gasteiger partial charge in [0.05, 0.1) is 12.7 Å². The number of rotatable bonds is 5. The van der Waals surface area contributed by atoms with Gasteiger partial charge in [0.1, 0.15) is 16.8 Å². The highest BCUT2D eigenvalue weighted by Crippen LogP contribution is 2.30. The van der Waals surface area contributed by atoms with Crippen LogP contribution in [0.5, 0.6) is 0 Å². The van der Waals surface area contributed by atoms with E-state index in [0.717, 1.165) is 11.4 Å². The Labute approximate surface area is 123 Å². The highest BCUT2D eigenvalue weighted by Gasteiger charge is 2.30. The maximum absolute atomic E-state index is 13.8. The second-order valence-electron chi connectivity index (χ2n) is 5.28. The second kappa shape index (κ2) is 5.54. The van der Waals surface area contributed by atoms with Crippen molar-refractivity contribution in [3.05, 3.63) is 52.8 Å². The first kappa shape index (κ1) is 13.6. The Morgan fingerprint density at radius 1 is 1.35 bits per heavy atom. The van der Waals surface area contributed by atoms with Gasteiger partial charge in [-0.2, -0.15) is 0 Å². The van der Waals surface area contributed by atoms with Crippen LogP contribution in [0.1, 0.15) is 24.2 Å². The molecule has 3 rings (SSSR count). The maximum atomic E-state index is 13.8. The minimum absolute atomic E-state index is 0.143. The molecule has 0 amide bonds. The minimum Gasteiger partial charge on any atom is -0.321 e. The number of halogens is 2. The summed E-state index contributed by atoms with van der Waals surface area (Å²) in [5, 5.41) is 0.627. The molecule has 0 saturated heterocycles. The summed E-state index contributed by atoms with van der Waals surface area (Å²) >= 11 is 6.02. The summed E-state index contributed by atoms with van der Waals surface area (Å²) in [6.07, 6.45) is 4.00. The van der Waals surface area contributed by atoms with E-state index in [-0.39, 0.29) is 5.82 Å². The summed E-state index contributed by atoms with van der Waals surface area (Å²) in [5.41, 5.74) is 0.736. The topological polar surface area (TPSA) is 21.1 Å². The average Bonchev–Trinajstić information content (AvgIpc) is 3.23. The fraction of sp³-hybridized carbons (Fsp3) is 0.400. The number of imidazole rings is 1. The fourth-order valence-corrected chi connectivity index (χ4v) is 2.50. The highest BCUT2D eigenvalue weighted by atomic mass is 35.5. The van der Waals surface area contributed by atoms with Gasteiger partial charge in [0.15, 0.2) is 0 Å². The summed E-state index contributed by atoms with van der Waals surface area (Å²) in [5.74, 6) is 0.772. The predicted molar refractivity (Wildman–Crippen MR) is 76.9 cm³/mol. The Morgan fingerprint density at radius 2 is 2.10 bits per heavy atom. The average molecular weight is 294 g/mol. The Kier molecular flexibility index (Phi) is 3.76. The van der Waals surface area contributed by atoms with E-state index in [1.54, 1.807) is 12.3 Å². The van der Waals surface area contributed by atoms with E-state index >= 15 is 0 Å². The van der Waals surface area contributed by atoms with Crippen LogP contribution in [0.15, 0.2) is 30.5 Å². The number of aromatic nitrogens is 2. The van der Waals surface area contributed by atoms with Crippen LogP contribution >= 0.6 is 11.6 Å². The standard InChI is InChI=1S/C15H17ClFN3/c1-19-14(16)8-18-15(19)10-20(12-6-7-12)9-11-4-2-3-5-13(11)17/h2-5,8,12H,6-7,9-10H2,1H3. The zero-order chi connectivity index (χ0) is 14.1. The molecule has 1 saturated carbocycles. The van der Waals surface area contributed by atoms with Crippen LogP contribution in [0.25, 0.3) is 0 Å². The molecular formula is C15H17ClFN3. The lowest BCUT2D eigenvalue weighted by Gasteiger charge is -2.22. The molecular weight excluding hydrogens is 277 g/mol. The van der Waals surface area contributed by atoms with Gasteiger partial charge < -0.3 is 4.57 Å². The monoisotopic (exact) mass is 293 g/mol. The molecule has 0 unspecified atom stereocenters. The summed E-state index contributed by atoms with van der Waals surface area (Å²) in [7, 11) is 1.90. The first-order valence-electron chi connectivity index (χ1n) is 6.78. The number of hydrogen-bond acceptors (Lipinski definition) is 2. The zero-order valence-electron chi connectivity index (χ0n) is 11.4. The van der Waals surface area contributed by atoms with Crippen LogP contribution in [-0.4, -0.2) is 20.5 Å². The van der Waals surface area contributed by atoms with Crippen molar-refractivity contribution in [3.63, 3.8) is 0 Å². The van der Waals surface area contributed by atoms with E-state index in [1.165, 1.54) is 18.9 Å². The molecule has 1 heterocycles. The van der Waals surface area contributed by atoms with Crippen molar-refractivity contribution in [1.29, 1.82) is 0 Å². The van der Waals surface area contributed by atoms with Gasteiger partial charge in [0, 0.05) is 25.2 Å². The van der Waals surface area contributed by atoms with E-state index in [9.17, 15) is 4.39 Å². The Morgan fingerprint density at radius 3 is 2.70 bits per heavy atom. The van der Waals surface area contributed by atoms with Gasteiger partial charge in [-0.1, -0.05) is 29.8 Å². The van der Waals surface area contributed by atoms with Gasteiger partial charge in [-0.25, -0.2) is 9.37 Å². The molecule has 1 aliphatic carbocycles. The Bertz CT molecular complexity index is 607. The molecule has 0 radical (unpaired) electrons. The molecule has 0 bridgehead atoms. The smallest absolute Gasteiger partial charge is 0.128 e. The van der Waals surface area contributed by atoms with Gasteiger partial charge in [0.2, 0.25) is 0 Å². The molecule has 0 N–H and O–H groups in total. The largest absolute Gasteiger partial charge is 0.321 e. The van der Waals surface area contributed by atoms with Gasteiger partial charge >= 0.3 is 0 Å². The molecule has 20 heavy (non-hydrogen) atoms. The fourth-order valence-electron chi connectivity index (χ4n) is 2.35. The molecule has 0 atom stereocenters. The van der Waals surface area contributed by atoms with Gasteiger partial charge in [0.25, 0.3) is 0 Å². The summed E-state index contributed by atoms with van der Waals surface area (Å²) in [6, 6.07) is 7.48. The summed E-state index contributed by atoms with van der Waals surface area (Å²) in [6.45, 7) is 1.31. The molecule has 3 nitrogen and oxygen atoms in total. The lowest BCUT2D eigenvalue weighted by Crippen LogP contribution is -2.27. The molecule has 1 aromatic carbocycles. The Balaban J connectivity index is 1.77. The third-order valence-corrected chi connectivity index (χ3v) is 4.12. The third-order valence-electron chi connectivity index (χ3n) is 3.77. The van der Waals surface area contributed by atoms with Crippen LogP contribution in [0.3, 0.4) is 0 Å². The summed E-state index contributed by atoms with van der Waals surface area (Å²) < 4.78 is 15.7. The van der Waals surface area contributed by atoms with Crippen LogP contribution in [0, 0.1) is 5.82 Å². The molecule has 0 aliphatic heterocycles. The van der Waals surface area contributed by atoms with E-state index in [0.29, 0.717) is 24.3 Å². The van der Waals surface area contributed by atoms with Crippen molar-refractivity contribution in [1.82, 2.24) is 14.5 Å². The number of benzene rings is 1. The lowest BCUT2D eigenvalue weighted by atomic mass is 10.2. The minimum atomic E-state index is -0.143. The maximum Gasteiger partial charge on any atom is 0.128 e. The molecule has 1 aromatic heterocycles. The quantitative estimate of drug-likeness (QED) is 0.843. The zero-order valence-corrected chi connectivity index (χ0v) is 12.1. The number of nitrogens with zero attached hydrogens (tertiary/aromatic N) is 3. The normalized spacial score (nSPS) is 15.0. The molecule has 1 fully saturated rings. The molecule has 2 aromatic rings. The van der Waals surface area contributed by atoms with Gasteiger partial charge in [-0.3, -0.25) is 4.90 Å². The molecule has 5 heteroatoms. The van der Waals surface area contributed by atoms with Crippen LogP contribution in [-0.2, 0) is 20.1 Å². The van der Waals surface area contributed by atoms with E-state index in [1.807, 2.05) is 23.7 Å². The Hall–Kier alpha value is -1.39. The van der Waals surface area contributed by atoms with Crippen molar-refractivity contribution in [2.45, 2.75) is 32.0 Å².